The van der Waals surface area contributed by atoms with Crippen LogP contribution in [0.15, 0.2) is 28.8 Å². The van der Waals surface area contributed by atoms with Gasteiger partial charge in [-0.05, 0) is 45.2 Å². The topological polar surface area (TPSA) is 51.0 Å². The van der Waals surface area contributed by atoms with Gasteiger partial charge in [-0.3, -0.25) is 0 Å². The molecule has 0 amide bonds. The van der Waals surface area contributed by atoms with E-state index in [1.165, 1.54) is 24.8 Å². The molecular formula is C16H22ClN3O. The van der Waals surface area contributed by atoms with Gasteiger partial charge in [-0.25, -0.2) is 0 Å². The number of nitrogens with zero attached hydrogens (tertiary/aromatic N) is 2. The molecule has 3 rings (SSSR count). The molecule has 1 unspecified atom stereocenters. The molecule has 1 aliphatic heterocycles. The molecule has 21 heavy (non-hydrogen) atoms. The first kappa shape index (κ1) is 16.0. The third kappa shape index (κ3) is 4.29. The Balaban J connectivity index is 0.00000161. The average Bonchev–Trinajstić information content (AvgIpc) is 2.76. The van der Waals surface area contributed by atoms with E-state index in [-0.39, 0.29) is 12.4 Å². The smallest absolute Gasteiger partial charge is 0.227 e. The summed E-state index contributed by atoms with van der Waals surface area (Å²) >= 11 is 0. The van der Waals surface area contributed by atoms with Crippen LogP contribution in [0, 0.1) is 12.8 Å². The first-order valence-electron chi connectivity index (χ1n) is 7.41. The van der Waals surface area contributed by atoms with Crippen molar-refractivity contribution in [2.45, 2.75) is 32.6 Å². The molecule has 0 bridgehead atoms. The van der Waals surface area contributed by atoms with Crippen LogP contribution in [0.2, 0.25) is 0 Å². The highest BCUT2D eigenvalue weighted by molar-refractivity contribution is 5.85. The van der Waals surface area contributed by atoms with Crippen molar-refractivity contribution >= 4 is 12.4 Å². The molecule has 2 aromatic rings. The van der Waals surface area contributed by atoms with Crippen molar-refractivity contribution in [3.63, 3.8) is 0 Å². The van der Waals surface area contributed by atoms with E-state index >= 15 is 0 Å². The Kier molecular flexibility index (Phi) is 5.76. The van der Waals surface area contributed by atoms with Crippen LogP contribution in [-0.4, -0.2) is 23.2 Å². The maximum absolute atomic E-state index is 5.41. The molecule has 1 atom stereocenters. The number of nitrogens with one attached hydrogen (secondary N) is 1. The van der Waals surface area contributed by atoms with E-state index in [4.69, 9.17) is 4.52 Å². The molecule has 4 nitrogen and oxygen atoms in total. The number of aromatic nitrogens is 2. The maximum atomic E-state index is 5.41. The molecule has 0 spiro atoms. The largest absolute Gasteiger partial charge is 0.339 e. The van der Waals surface area contributed by atoms with Gasteiger partial charge in [0.25, 0.3) is 0 Å². The molecule has 1 aliphatic rings. The number of hydrogen-bond donors (Lipinski definition) is 1. The van der Waals surface area contributed by atoms with E-state index in [0.29, 0.717) is 11.7 Å². The zero-order valence-corrected chi connectivity index (χ0v) is 13.2. The summed E-state index contributed by atoms with van der Waals surface area (Å²) in [7, 11) is 0. The second-order valence-electron chi connectivity index (χ2n) is 5.63. The first-order valence-corrected chi connectivity index (χ1v) is 7.41. The van der Waals surface area contributed by atoms with Gasteiger partial charge in [-0.1, -0.05) is 35.0 Å². The van der Waals surface area contributed by atoms with Crippen LogP contribution in [0.5, 0.6) is 0 Å². The second-order valence-corrected chi connectivity index (χ2v) is 5.63. The summed E-state index contributed by atoms with van der Waals surface area (Å²) < 4.78 is 5.41. The Labute approximate surface area is 131 Å². The molecule has 5 heteroatoms. The van der Waals surface area contributed by atoms with Gasteiger partial charge < -0.3 is 9.84 Å². The monoisotopic (exact) mass is 307 g/mol. The van der Waals surface area contributed by atoms with Gasteiger partial charge in [-0.2, -0.15) is 4.98 Å². The predicted molar refractivity (Wildman–Crippen MR) is 85.6 cm³/mol. The second kappa shape index (κ2) is 7.57. The van der Waals surface area contributed by atoms with Crippen LogP contribution in [0.3, 0.4) is 0 Å². The number of rotatable bonds is 3. The Morgan fingerprint density at radius 1 is 1.19 bits per heavy atom. The van der Waals surface area contributed by atoms with E-state index in [0.717, 1.165) is 31.0 Å². The van der Waals surface area contributed by atoms with Gasteiger partial charge in [0.05, 0.1) is 0 Å². The van der Waals surface area contributed by atoms with Gasteiger partial charge in [0.2, 0.25) is 11.7 Å². The van der Waals surface area contributed by atoms with Gasteiger partial charge in [0.15, 0.2) is 0 Å². The minimum atomic E-state index is 0. The average molecular weight is 308 g/mol. The van der Waals surface area contributed by atoms with E-state index in [2.05, 4.69) is 34.5 Å². The van der Waals surface area contributed by atoms with Crippen LogP contribution in [0.1, 0.15) is 30.7 Å². The summed E-state index contributed by atoms with van der Waals surface area (Å²) in [5, 5.41) is 7.54. The normalized spacial score (nSPS) is 18.8. The van der Waals surface area contributed by atoms with Crippen LogP contribution in [0.4, 0.5) is 0 Å². The van der Waals surface area contributed by atoms with Crippen molar-refractivity contribution in [1.82, 2.24) is 15.5 Å². The summed E-state index contributed by atoms with van der Waals surface area (Å²) in [5.41, 5.74) is 2.26. The molecule has 1 saturated heterocycles. The lowest BCUT2D eigenvalue weighted by Gasteiger charge is -2.09. The highest BCUT2D eigenvalue weighted by atomic mass is 35.5. The van der Waals surface area contributed by atoms with Crippen molar-refractivity contribution in [2.75, 3.05) is 13.1 Å². The number of benzene rings is 1. The number of aryl methyl sites for hydroxylation is 1. The highest BCUT2D eigenvalue weighted by Gasteiger charge is 2.16. The van der Waals surface area contributed by atoms with Crippen LogP contribution in [-0.2, 0) is 6.42 Å². The van der Waals surface area contributed by atoms with Crippen LogP contribution < -0.4 is 5.32 Å². The molecule has 1 aromatic heterocycles. The Bertz CT molecular complexity index is 545. The molecule has 0 aliphatic carbocycles. The minimum Gasteiger partial charge on any atom is -0.339 e. The van der Waals surface area contributed by atoms with Crippen LogP contribution >= 0.6 is 12.4 Å². The summed E-state index contributed by atoms with van der Waals surface area (Å²) in [4.78, 5) is 4.54. The molecule has 1 fully saturated rings. The lowest BCUT2D eigenvalue weighted by Crippen LogP contribution is -2.14. The Morgan fingerprint density at radius 3 is 2.81 bits per heavy atom. The standard InChI is InChI=1S/C16H21N3O.ClH/c1-12-4-6-14(7-5-12)16-18-15(20-19-16)11-13-3-2-9-17-10-8-13;/h4-7,13,17H,2-3,8-11H2,1H3;1H. The molecule has 114 valence electrons. The quantitative estimate of drug-likeness (QED) is 0.944. The van der Waals surface area contributed by atoms with E-state index in [9.17, 15) is 0 Å². The van der Waals surface area contributed by atoms with Crippen molar-refractivity contribution in [3.05, 3.63) is 35.7 Å². The maximum Gasteiger partial charge on any atom is 0.227 e. The fraction of sp³-hybridized carbons (Fsp3) is 0.500. The van der Waals surface area contributed by atoms with Gasteiger partial charge in [-0.15, -0.1) is 12.4 Å². The summed E-state index contributed by atoms with van der Waals surface area (Å²) in [6.07, 6.45) is 4.58. The third-order valence-electron chi connectivity index (χ3n) is 3.94. The molecule has 2 heterocycles. The number of hydrogen-bond acceptors (Lipinski definition) is 4. The van der Waals surface area contributed by atoms with Crippen molar-refractivity contribution in [3.8, 4) is 11.4 Å². The summed E-state index contributed by atoms with van der Waals surface area (Å²) in [6, 6.07) is 8.23. The van der Waals surface area contributed by atoms with E-state index < -0.39 is 0 Å². The predicted octanol–water partition coefficient (Wildman–Crippen LogP) is 3.40. The van der Waals surface area contributed by atoms with Crippen molar-refractivity contribution < 1.29 is 4.52 Å². The number of halogens is 1. The van der Waals surface area contributed by atoms with Gasteiger partial charge in [0.1, 0.15) is 0 Å². The first-order chi connectivity index (χ1) is 9.81. The molecule has 0 saturated carbocycles. The SMILES string of the molecule is Cc1ccc(-c2noc(CC3CCCNCC3)n2)cc1.Cl. The van der Waals surface area contributed by atoms with Crippen molar-refractivity contribution in [2.24, 2.45) is 5.92 Å². The minimum absolute atomic E-state index is 0. The van der Waals surface area contributed by atoms with Crippen LogP contribution in [0.25, 0.3) is 11.4 Å². The lowest BCUT2D eigenvalue weighted by molar-refractivity contribution is 0.341. The molecule has 1 aromatic carbocycles. The molecule has 0 radical (unpaired) electrons. The van der Waals surface area contributed by atoms with Gasteiger partial charge >= 0.3 is 0 Å². The third-order valence-corrected chi connectivity index (χ3v) is 3.94. The zero-order valence-electron chi connectivity index (χ0n) is 12.3. The zero-order chi connectivity index (χ0) is 13.8. The molecule has 1 N–H and O–H groups in total. The lowest BCUT2D eigenvalue weighted by atomic mass is 9.97. The fourth-order valence-corrected chi connectivity index (χ4v) is 2.70. The Morgan fingerprint density at radius 2 is 2.00 bits per heavy atom. The highest BCUT2D eigenvalue weighted by Crippen LogP contribution is 2.21. The van der Waals surface area contributed by atoms with Crippen molar-refractivity contribution in [1.29, 1.82) is 0 Å². The van der Waals surface area contributed by atoms with E-state index in [1.807, 2.05) is 12.1 Å². The molecular weight excluding hydrogens is 286 g/mol. The fourth-order valence-electron chi connectivity index (χ4n) is 2.70. The summed E-state index contributed by atoms with van der Waals surface area (Å²) in [6.45, 7) is 4.31. The van der Waals surface area contributed by atoms with E-state index in [1.54, 1.807) is 0 Å². The Hall–Kier alpha value is -1.39. The summed E-state index contributed by atoms with van der Waals surface area (Å²) in [5.74, 6) is 2.13. The van der Waals surface area contributed by atoms with Gasteiger partial charge in [0, 0.05) is 12.0 Å².